The molecular weight excluding hydrogens is 120 g/mol. The maximum absolute atomic E-state index is 10.5. The Hall–Kier alpha value is -1.12. The van der Waals surface area contributed by atoms with Gasteiger partial charge in [-0.2, -0.15) is 0 Å². The van der Waals surface area contributed by atoms with Crippen molar-refractivity contribution in [1.82, 2.24) is 0 Å². The zero-order chi connectivity index (χ0) is 6.85. The molecular formula is C6H6O3. The van der Waals surface area contributed by atoms with Crippen LogP contribution in [-0.2, 0) is 14.3 Å². The van der Waals surface area contributed by atoms with E-state index in [2.05, 4.69) is 4.74 Å². The van der Waals surface area contributed by atoms with E-state index in [1.807, 2.05) is 0 Å². The molecule has 0 radical (unpaired) electrons. The van der Waals surface area contributed by atoms with Gasteiger partial charge in [-0.05, 0) is 6.92 Å². The van der Waals surface area contributed by atoms with E-state index in [-0.39, 0.29) is 6.42 Å². The number of carbonyl (C=O) groups excluding carboxylic acids is 2. The summed E-state index contributed by atoms with van der Waals surface area (Å²) in [6, 6.07) is 0. The number of hydrogen-bond donors (Lipinski definition) is 0. The van der Waals surface area contributed by atoms with E-state index in [1.54, 1.807) is 13.0 Å². The third-order valence-corrected chi connectivity index (χ3v) is 1.15. The number of ether oxygens (including phenoxy) is 1. The van der Waals surface area contributed by atoms with Crippen LogP contribution in [-0.4, -0.2) is 11.9 Å². The van der Waals surface area contributed by atoms with Crippen LogP contribution in [0.1, 0.15) is 13.3 Å². The van der Waals surface area contributed by atoms with Crippen LogP contribution in [0.4, 0.5) is 0 Å². The van der Waals surface area contributed by atoms with Gasteiger partial charge in [0.15, 0.2) is 0 Å². The first-order chi connectivity index (χ1) is 4.24. The summed E-state index contributed by atoms with van der Waals surface area (Å²) in [5.41, 5.74) is 0.458. The van der Waals surface area contributed by atoms with Crippen molar-refractivity contribution in [2.24, 2.45) is 0 Å². The average molecular weight is 126 g/mol. The third-order valence-electron chi connectivity index (χ3n) is 1.15. The fourth-order valence-corrected chi connectivity index (χ4v) is 0.653. The molecule has 0 aromatic carbocycles. The van der Waals surface area contributed by atoms with E-state index in [0.29, 0.717) is 5.57 Å². The molecule has 1 rings (SSSR count). The van der Waals surface area contributed by atoms with Crippen LogP contribution in [0.3, 0.4) is 0 Å². The lowest BCUT2D eigenvalue weighted by molar-refractivity contribution is -0.151. The maximum Gasteiger partial charge on any atom is 0.341 e. The zero-order valence-electron chi connectivity index (χ0n) is 5.01. The minimum atomic E-state index is -0.498. The molecule has 0 aromatic rings. The molecule has 1 saturated heterocycles. The van der Waals surface area contributed by atoms with Crippen molar-refractivity contribution in [1.29, 1.82) is 0 Å². The summed E-state index contributed by atoms with van der Waals surface area (Å²) >= 11 is 0. The topological polar surface area (TPSA) is 43.4 Å². The Labute approximate surface area is 52.3 Å². The van der Waals surface area contributed by atoms with Crippen LogP contribution < -0.4 is 0 Å². The van der Waals surface area contributed by atoms with Crippen LogP contribution in [0.2, 0.25) is 0 Å². The Kier molecular flexibility index (Phi) is 1.34. The van der Waals surface area contributed by atoms with Gasteiger partial charge >= 0.3 is 11.9 Å². The second-order valence-corrected chi connectivity index (χ2v) is 1.75. The predicted octanol–water partition coefficient (Wildman–Crippen LogP) is 0.406. The van der Waals surface area contributed by atoms with Crippen LogP contribution in [0, 0.1) is 0 Å². The van der Waals surface area contributed by atoms with Crippen LogP contribution >= 0.6 is 0 Å². The van der Waals surface area contributed by atoms with Gasteiger partial charge in [-0.3, -0.25) is 4.79 Å². The predicted molar refractivity (Wildman–Crippen MR) is 29.5 cm³/mol. The van der Waals surface area contributed by atoms with E-state index in [9.17, 15) is 9.59 Å². The normalized spacial score (nSPS) is 23.0. The van der Waals surface area contributed by atoms with Crippen molar-refractivity contribution in [3.05, 3.63) is 11.6 Å². The second kappa shape index (κ2) is 2.01. The Morgan fingerprint density at radius 1 is 1.56 bits per heavy atom. The lowest BCUT2D eigenvalue weighted by Crippen LogP contribution is -1.96. The highest BCUT2D eigenvalue weighted by Gasteiger charge is 2.25. The first-order valence-electron chi connectivity index (χ1n) is 2.64. The van der Waals surface area contributed by atoms with Crippen molar-refractivity contribution in [2.45, 2.75) is 13.3 Å². The third kappa shape index (κ3) is 0.988. The standard InChI is InChI=1S/C6H6O3/c1-2-4-3-5(7)9-6(4)8/h2H,3H2,1H3/b4-2+. The van der Waals surface area contributed by atoms with Gasteiger partial charge in [0.25, 0.3) is 0 Å². The minimum Gasteiger partial charge on any atom is -0.389 e. The fourth-order valence-electron chi connectivity index (χ4n) is 0.653. The van der Waals surface area contributed by atoms with Crippen molar-refractivity contribution in [2.75, 3.05) is 0 Å². The maximum atomic E-state index is 10.5. The number of carbonyl (C=O) groups is 2. The van der Waals surface area contributed by atoms with E-state index < -0.39 is 11.9 Å². The monoisotopic (exact) mass is 126 g/mol. The molecule has 0 unspecified atom stereocenters. The molecule has 1 aliphatic rings. The minimum absolute atomic E-state index is 0.134. The number of esters is 2. The smallest absolute Gasteiger partial charge is 0.341 e. The molecule has 3 heteroatoms. The Balaban J connectivity index is 2.81. The van der Waals surface area contributed by atoms with Gasteiger partial charge in [0, 0.05) is 5.57 Å². The van der Waals surface area contributed by atoms with Crippen molar-refractivity contribution in [3.63, 3.8) is 0 Å². The Morgan fingerprint density at radius 3 is 2.44 bits per heavy atom. The van der Waals surface area contributed by atoms with Gasteiger partial charge in [-0.15, -0.1) is 0 Å². The van der Waals surface area contributed by atoms with Gasteiger partial charge in [-0.1, -0.05) is 6.08 Å². The van der Waals surface area contributed by atoms with Crippen molar-refractivity contribution >= 4 is 11.9 Å². The molecule has 1 heterocycles. The molecule has 1 aliphatic heterocycles. The van der Waals surface area contributed by atoms with Crippen LogP contribution in [0.5, 0.6) is 0 Å². The van der Waals surface area contributed by atoms with E-state index in [0.717, 1.165) is 0 Å². The molecule has 48 valence electrons. The van der Waals surface area contributed by atoms with E-state index in [1.165, 1.54) is 0 Å². The van der Waals surface area contributed by atoms with Crippen LogP contribution in [0.15, 0.2) is 11.6 Å². The average Bonchev–Trinajstić information content (AvgIpc) is 2.10. The first-order valence-corrected chi connectivity index (χ1v) is 2.64. The van der Waals surface area contributed by atoms with Gasteiger partial charge < -0.3 is 4.74 Å². The highest BCUT2D eigenvalue weighted by atomic mass is 16.6. The molecule has 1 fully saturated rings. The lowest BCUT2D eigenvalue weighted by Gasteiger charge is -1.82. The molecule has 3 nitrogen and oxygen atoms in total. The number of rotatable bonds is 0. The summed E-state index contributed by atoms with van der Waals surface area (Å²) in [5.74, 6) is -0.949. The van der Waals surface area contributed by atoms with Crippen LogP contribution in [0.25, 0.3) is 0 Å². The molecule has 9 heavy (non-hydrogen) atoms. The zero-order valence-corrected chi connectivity index (χ0v) is 5.01. The van der Waals surface area contributed by atoms with Gasteiger partial charge in [0.05, 0.1) is 6.42 Å². The molecule has 0 spiro atoms. The highest BCUT2D eigenvalue weighted by molar-refractivity contribution is 6.05. The second-order valence-electron chi connectivity index (χ2n) is 1.75. The SMILES string of the molecule is C/C=C1\CC(=O)OC1=O. The molecule has 0 aliphatic carbocycles. The molecule has 0 bridgehead atoms. The molecule has 0 atom stereocenters. The number of cyclic esters (lactones) is 2. The summed E-state index contributed by atoms with van der Waals surface area (Å²) in [7, 11) is 0. The lowest BCUT2D eigenvalue weighted by atomic mass is 10.2. The van der Waals surface area contributed by atoms with Crippen molar-refractivity contribution in [3.8, 4) is 0 Å². The summed E-state index contributed by atoms with van der Waals surface area (Å²) in [6.07, 6.45) is 1.72. The Bertz CT molecular complexity index is 190. The quantitative estimate of drug-likeness (QED) is 0.268. The molecule has 0 aromatic heterocycles. The van der Waals surface area contributed by atoms with E-state index in [4.69, 9.17) is 0 Å². The summed E-state index contributed by atoms with van der Waals surface area (Å²) in [6.45, 7) is 1.70. The largest absolute Gasteiger partial charge is 0.389 e. The van der Waals surface area contributed by atoms with Gasteiger partial charge in [0.2, 0.25) is 0 Å². The number of allylic oxidation sites excluding steroid dienone is 1. The molecule has 0 saturated carbocycles. The first kappa shape index (κ1) is 6.01. The number of hydrogen-bond acceptors (Lipinski definition) is 3. The van der Waals surface area contributed by atoms with E-state index >= 15 is 0 Å². The highest BCUT2D eigenvalue weighted by Crippen LogP contribution is 2.13. The summed E-state index contributed by atoms with van der Waals surface area (Å²) < 4.78 is 4.22. The Morgan fingerprint density at radius 2 is 2.22 bits per heavy atom. The summed E-state index contributed by atoms with van der Waals surface area (Å²) in [5, 5.41) is 0. The molecule has 0 N–H and O–H groups in total. The fraction of sp³-hybridized carbons (Fsp3) is 0.333. The van der Waals surface area contributed by atoms with Crippen molar-refractivity contribution < 1.29 is 14.3 Å². The summed E-state index contributed by atoms with van der Waals surface area (Å²) in [4.78, 5) is 20.8. The van der Waals surface area contributed by atoms with Gasteiger partial charge in [-0.25, -0.2) is 4.79 Å². The molecule has 0 amide bonds. The van der Waals surface area contributed by atoms with Gasteiger partial charge in [0.1, 0.15) is 0 Å².